The van der Waals surface area contributed by atoms with E-state index in [9.17, 15) is 8.42 Å². The molecule has 1 aromatic carbocycles. The molecule has 0 radical (unpaired) electrons. The Bertz CT molecular complexity index is 832. The molecule has 1 aliphatic rings. The van der Waals surface area contributed by atoms with Gasteiger partial charge in [-0.25, -0.2) is 18.5 Å². The minimum absolute atomic E-state index is 0.0844. The molecule has 1 heterocycles. The molecular formula is C15H20N6O2S. The molecule has 3 rings (SSSR count). The number of benzene rings is 1. The summed E-state index contributed by atoms with van der Waals surface area (Å²) in [6.45, 7) is 0.477. The summed E-state index contributed by atoms with van der Waals surface area (Å²) >= 11 is 0. The van der Waals surface area contributed by atoms with Crippen LogP contribution in [0.15, 0.2) is 35.2 Å². The fraction of sp³-hybridized carbons (Fsp3) is 0.333. The largest absolute Gasteiger partial charge is 0.368 e. The number of primary sulfonamides is 1. The average molecular weight is 348 g/mol. The van der Waals surface area contributed by atoms with Crippen molar-refractivity contribution in [1.82, 2.24) is 9.97 Å². The van der Waals surface area contributed by atoms with Crippen molar-refractivity contribution in [2.75, 3.05) is 11.1 Å². The fourth-order valence-corrected chi connectivity index (χ4v) is 3.19. The van der Waals surface area contributed by atoms with Crippen LogP contribution in [-0.2, 0) is 16.6 Å². The van der Waals surface area contributed by atoms with Crippen molar-refractivity contribution in [3.63, 3.8) is 0 Å². The van der Waals surface area contributed by atoms with Crippen LogP contribution in [-0.4, -0.2) is 24.4 Å². The molecule has 1 fully saturated rings. The lowest BCUT2D eigenvalue weighted by Gasteiger charge is -2.32. The summed E-state index contributed by atoms with van der Waals surface area (Å²) in [5, 5.41) is 8.25. The number of nitrogen functional groups attached to an aromatic ring is 1. The Morgan fingerprint density at radius 1 is 1.17 bits per heavy atom. The van der Waals surface area contributed by atoms with E-state index in [1.165, 1.54) is 12.1 Å². The molecule has 8 nitrogen and oxygen atoms in total. The number of aromatic nitrogens is 2. The van der Waals surface area contributed by atoms with Crippen molar-refractivity contribution in [2.24, 2.45) is 10.9 Å². The van der Waals surface area contributed by atoms with Gasteiger partial charge in [-0.05, 0) is 30.5 Å². The Hall–Kier alpha value is -2.23. The molecule has 0 saturated heterocycles. The third-order valence-electron chi connectivity index (χ3n) is 4.08. The molecule has 1 aromatic heterocycles. The van der Waals surface area contributed by atoms with Gasteiger partial charge < -0.3 is 16.8 Å². The lowest BCUT2D eigenvalue weighted by molar-refractivity contribution is 0.345. The highest BCUT2D eigenvalue weighted by Gasteiger charge is 2.29. The molecule has 0 spiro atoms. The highest BCUT2D eigenvalue weighted by molar-refractivity contribution is 7.89. The van der Waals surface area contributed by atoms with Crippen LogP contribution >= 0.6 is 0 Å². The first-order valence-electron chi connectivity index (χ1n) is 7.57. The molecule has 9 heteroatoms. The van der Waals surface area contributed by atoms with Gasteiger partial charge in [0.25, 0.3) is 0 Å². The number of nitrogens with one attached hydrogen (secondary N) is 1. The van der Waals surface area contributed by atoms with Crippen LogP contribution in [0.25, 0.3) is 0 Å². The molecular weight excluding hydrogens is 328 g/mol. The maximum atomic E-state index is 11.2. The van der Waals surface area contributed by atoms with Crippen molar-refractivity contribution in [3.05, 3.63) is 41.6 Å². The van der Waals surface area contributed by atoms with Crippen molar-refractivity contribution >= 4 is 21.8 Å². The predicted octanol–water partition coefficient (Wildman–Crippen LogP) is 0.523. The summed E-state index contributed by atoms with van der Waals surface area (Å²) in [5.74, 6) is 1.19. The van der Waals surface area contributed by atoms with Gasteiger partial charge in [0.15, 0.2) is 0 Å². The van der Waals surface area contributed by atoms with Crippen molar-refractivity contribution in [2.45, 2.75) is 36.2 Å². The van der Waals surface area contributed by atoms with Crippen LogP contribution in [0.3, 0.4) is 0 Å². The number of nitrogens with two attached hydrogens (primary N) is 3. The smallest absolute Gasteiger partial charge is 0.238 e. The summed E-state index contributed by atoms with van der Waals surface area (Å²) in [4.78, 5) is 8.53. The number of nitrogens with zero attached hydrogens (tertiary/aromatic N) is 2. The Labute approximate surface area is 140 Å². The van der Waals surface area contributed by atoms with E-state index >= 15 is 0 Å². The van der Waals surface area contributed by atoms with Crippen LogP contribution in [0, 0.1) is 0 Å². The van der Waals surface area contributed by atoms with E-state index < -0.39 is 10.0 Å². The summed E-state index contributed by atoms with van der Waals surface area (Å²) in [6, 6.07) is 8.46. The van der Waals surface area contributed by atoms with Crippen molar-refractivity contribution in [3.8, 4) is 0 Å². The van der Waals surface area contributed by atoms with Gasteiger partial charge in [0.1, 0.15) is 5.82 Å². The first-order valence-corrected chi connectivity index (χ1v) is 9.11. The van der Waals surface area contributed by atoms with Crippen LogP contribution in [0.5, 0.6) is 0 Å². The van der Waals surface area contributed by atoms with Crippen LogP contribution < -0.4 is 21.9 Å². The van der Waals surface area contributed by atoms with E-state index in [4.69, 9.17) is 16.6 Å². The fourth-order valence-electron chi connectivity index (χ4n) is 2.68. The van der Waals surface area contributed by atoms with Gasteiger partial charge in [-0.1, -0.05) is 12.1 Å². The summed E-state index contributed by atoms with van der Waals surface area (Å²) < 4.78 is 22.5. The number of hydrogen-bond donors (Lipinski definition) is 4. The van der Waals surface area contributed by atoms with E-state index in [0.29, 0.717) is 18.3 Å². The molecule has 0 aliphatic heterocycles. The Kier molecular flexibility index (Phi) is 4.39. The second-order valence-electron chi connectivity index (χ2n) is 6.01. The van der Waals surface area contributed by atoms with Gasteiger partial charge in [-0.3, -0.25) is 0 Å². The molecule has 0 atom stereocenters. The summed E-state index contributed by atoms with van der Waals surface area (Å²) in [6.07, 6.45) is 1.82. The zero-order chi connectivity index (χ0) is 17.3. The first-order chi connectivity index (χ1) is 11.3. The number of hydrogen-bond acceptors (Lipinski definition) is 7. The van der Waals surface area contributed by atoms with E-state index in [2.05, 4.69) is 15.3 Å². The molecule has 7 N–H and O–H groups in total. The Morgan fingerprint density at radius 3 is 2.42 bits per heavy atom. The standard InChI is InChI=1S/C15H20N6O2S/c16-11-5-10(6-11)13-7-14(21-15(17)20-13)19-8-9-1-3-12(4-2-9)24(18,22)23/h1-4,7,10-11H,5-6,8,16H2,(H2,18,22,23)(H3,17,19,20,21). The van der Waals surface area contributed by atoms with Crippen LogP contribution in [0.2, 0.25) is 0 Å². The van der Waals surface area contributed by atoms with Gasteiger partial charge in [-0.15, -0.1) is 0 Å². The maximum absolute atomic E-state index is 11.2. The Balaban J connectivity index is 1.68. The molecule has 128 valence electrons. The lowest BCUT2D eigenvalue weighted by Crippen LogP contribution is -2.35. The quantitative estimate of drug-likeness (QED) is 0.615. The molecule has 2 aromatic rings. The predicted molar refractivity (Wildman–Crippen MR) is 91.5 cm³/mol. The van der Waals surface area contributed by atoms with E-state index in [1.54, 1.807) is 12.1 Å². The number of sulfonamides is 1. The summed E-state index contributed by atoms with van der Waals surface area (Å²) in [7, 11) is -3.68. The number of rotatable bonds is 5. The average Bonchev–Trinajstić information content (AvgIpc) is 2.49. The van der Waals surface area contributed by atoms with Gasteiger partial charge in [-0.2, -0.15) is 4.98 Å². The third kappa shape index (κ3) is 3.81. The summed E-state index contributed by atoms with van der Waals surface area (Å²) in [5.41, 5.74) is 13.4. The van der Waals surface area contributed by atoms with Crippen LogP contribution in [0.4, 0.5) is 11.8 Å². The molecule has 1 aliphatic carbocycles. The highest BCUT2D eigenvalue weighted by Crippen LogP contribution is 2.35. The van der Waals surface area contributed by atoms with Gasteiger partial charge >= 0.3 is 0 Å². The molecule has 0 amide bonds. The third-order valence-corrected chi connectivity index (χ3v) is 5.01. The minimum atomic E-state index is -3.68. The molecule has 0 bridgehead atoms. The topological polar surface area (TPSA) is 150 Å². The second-order valence-corrected chi connectivity index (χ2v) is 7.57. The zero-order valence-electron chi connectivity index (χ0n) is 13.0. The zero-order valence-corrected chi connectivity index (χ0v) is 13.8. The monoisotopic (exact) mass is 348 g/mol. The second kappa shape index (κ2) is 6.34. The van der Waals surface area contributed by atoms with Crippen molar-refractivity contribution in [1.29, 1.82) is 0 Å². The lowest BCUT2D eigenvalue weighted by atomic mass is 9.78. The molecule has 1 saturated carbocycles. The number of anilines is 2. The van der Waals surface area contributed by atoms with Gasteiger partial charge in [0.05, 0.1) is 10.6 Å². The minimum Gasteiger partial charge on any atom is -0.368 e. The SMILES string of the molecule is Nc1nc(NCc2ccc(S(N)(=O)=O)cc2)cc(C2CC(N)C2)n1. The van der Waals surface area contributed by atoms with Gasteiger partial charge in [0, 0.05) is 24.6 Å². The highest BCUT2D eigenvalue weighted by atomic mass is 32.2. The normalized spacial score (nSPS) is 20.4. The Morgan fingerprint density at radius 2 is 1.83 bits per heavy atom. The first kappa shape index (κ1) is 16.6. The van der Waals surface area contributed by atoms with Crippen molar-refractivity contribution < 1.29 is 8.42 Å². The molecule has 0 unspecified atom stereocenters. The van der Waals surface area contributed by atoms with E-state index in [1.807, 2.05) is 6.07 Å². The van der Waals surface area contributed by atoms with Crippen LogP contribution in [0.1, 0.15) is 30.0 Å². The van der Waals surface area contributed by atoms with E-state index in [-0.39, 0.29) is 16.9 Å². The maximum Gasteiger partial charge on any atom is 0.238 e. The van der Waals surface area contributed by atoms with E-state index in [0.717, 1.165) is 24.1 Å². The molecule has 24 heavy (non-hydrogen) atoms. The van der Waals surface area contributed by atoms with Gasteiger partial charge in [0.2, 0.25) is 16.0 Å².